The average molecular weight is 332 g/mol. The quantitative estimate of drug-likeness (QED) is 0.902. The molecule has 0 spiro atoms. The lowest BCUT2D eigenvalue weighted by atomic mass is 9.83. The molecule has 1 fully saturated rings. The van der Waals surface area contributed by atoms with Crippen molar-refractivity contribution in [2.45, 2.75) is 78.2 Å². The standard InChI is InChI=1S/C20H32N2O2/c1-14-12-18(21-19(23)24-20(4,5)6)15(2)16(3)22(14)13-17-10-8-7-9-11-17/h7-11,14-16,18H,12-13H2,1-6H3,(H,21,23)/t14-,15-,16+,18+/m1/s1. The van der Waals surface area contributed by atoms with E-state index in [2.05, 4.69) is 61.3 Å². The van der Waals surface area contributed by atoms with Gasteiger partial charge in [-0.3, -0.25) is 4.90 Å². The van der Waals surface area contributed by atoms with Crippen LogP contribution in [0.5, 0.6) is 0 Å². The van der Waals surface area contributed by atoms with Gasteiger partial charge in [0.1, 0.15) is 5.60 Å². The summed E-state index contributed by atoms with van der Waals surface area (Å²) in [7, 11) is 0. The second-order valence-electron chi connectivity index (χ2n) is 8.10. The van der Waals surface area contributed by atoms with Gasteiger partial charge in [0.2, 0.25) is 0 Å². The predicted molar refractivity (Wildman–Crippen MR) is 97.8 cm³/mol. The highest BCUT2D eigenvalue weighted by molar-refractivity contribution is 5.68. The molecule has 1 aromatic rings. The number of ether oxygens (including phenoxy) is 1. The molecule has 1 aromatic carbocycles. The zero-order valence-corrected chi connectivity index (χ0v) is 15.9. The third-order valence-corrected chi connectivity index (χ3v) is 4.99. The fourth-order valence-electron chi connectivity index (χ4n) is 3.50. The van der Waals surface area contributed by atoms with Crippen molar-refractivity contribution in [1.82, 2.24) is 10.2 Å². The molecule has 4 heteroatoms. The summed E-state index contributed by atoms with van der Waals surface area (Å²) in [5.41, 5.74) is 0.875. The van der Waals surface area contributed by atoms with E-state index in [9.17, 15) is 4.79 Å². The van der Waals surface area contributed by atoms with Crippen LogP contribution in [0, 0.1) is 5.92 Å². The highest BCUT2D eigenvalue weighted by atomic mass is 16.6. The van der Waals surface area contributed by atoms with Gasteiger partial charge >= 0.3 is 6.09 Å². The number of benzene rings is 1. The monoisotopic (exact) mass is 332 g/mol. The van der Waals surface area contributed by atoms with Gasteiger partial charge in [0.05, 0.1) is 0 Å². The minimum Gasteiger partial charge on any atom is -0.444 e. The van der Waals surface area contributed by atoms with Crippen molar-refractivity contribution in [1.29, 1.82) is 0 Å². The maximum absolute atomic E-state index is 12.1. The van der Waals surface area contributed by atoms with Gasteiger partial charge < -0.3 is 10.1 Å². The highest BCUT2D eigenvalue weighted by Gasteiger charge is 2.37. The Balaban J connectivity index is 1.99. The van der Waals surface area contributed by atoms with E-state index >= 15 is 0 Å². The Morgan fingerprint density at radius 2 is 1.83 bits per heavy atom. The largest absolute Gasteiger partial charge is 0.444 e. The maximum atomic E-state index is 12.1. The normalized spacial score (nSPS) is 28.4. The molecule has 1 saturated heterocycles. The van der Waals surface area contributed by atoms with Gasteiger partial charge in [-0.1, -0.05) is 37.3 Å². The third-order valence-electron chi connectivity index (χ3n) is 4.99. The Kier molecular flexibility index (Phi) is 5.92. The number of amides is 1. The van der Waals surface area contributed by atoms with Gasteiger partial charge in [-0.2, -0.15) is 0 Å². The first-order chi connectivity index (χ1) is 11.2. The molecule has 0 aromatic heterocycles. The molecule has 0 aliphatic carbocycles. The number of hydrogen-bond acceptors (Lipinski definition) is 3. The number of carbonyl (C=O) groups is 1. The fraction of sp³-hybridized carbons (Fsp3) is 0.650. The van der Waals surface area contributed by atoms with Gasteiger partial charge in [-0.05, 0) is 52.5 Å². The van der Waals surface area contributed by atoms with E-state index in [1.807, 2.05) is 20.8 Å². The summed E-state index contributed by atoms with van der Waals surface area (Å²) in [4.78, 5) is 14.6. The Morgan fingerprint density at radius 3 is 2.42 bits per heavy atom. The van der Waals surface area contributed by atoms with E-state index in [1.54, 1.807) is 0 Å². The lowest BCUT2D eigenvalue weighted by Crippen LogP contribution is -2.57. The molecule has 24 heavy (non-hydrogen) atoms. The van der Waals surface area contributed by atoms with Crippen LogP contribution in [-0.2, 0) is 11.3 Å². The topological polar surface area (TPSA) is 41.6 Å². The molecule has 1 heterocycles. The number of alkyl carbamates (subject to hydrolysis) is 1. The van der Waals surface area contributed by atoms with Crippen LogP contribution in [-0.4, -0.2) is 34.7 Å². The second-order valence-corrected chi connectivity index (χ2v) is 8.10. The van der Waals surface area contributed by atoms with Gasteiger partial charge in [0, 0.05) is 24.7 Å². The van der Waals surface area contributed by atoms with Crippen LogP contribution < -0.4 is 5.32 Å². The van der Waals surface area contributed by atoms with E-state index in [0.717, 1.165) is 13.0 Å². The van der Waals surface area contributed by atoms with Crippen molar-refractivity contribution in [2.24, 2.45) is 5.92 Å². The van der Waals surface area contributed by atoms with Crippen molar-refractivity contribution < 1.29 is 9.53 Å². The first kappa shape index (κ1) is 18.8. The molecule has 4 atom stereocenters. The van der Waals surface area contributed by atoms with Crippen molar-refractivity contribution in [3.63, 3.8) is 0 Å². The van der Waals surface area contributed by atoms with Crippen LogP contribution in [0.25, 0.3) is 0 Å². The summed E-state index contributed by atoms with van der Waals surface area (Å²) in [5.74, 6) is 0.373. The van der Waals surface area contributed by atoms with Gasteiger partial charge in [0.25, 0.3) is 0 Å². The zero-order valence-electron chi connectivity index (χ0n) is 15.9. The van der Waals surface area contributed by atoms with Gasteiger partial charge in [-0.25, -0.2) is 4.79 Å². The lowest BCUT2D eigenvalue weighted by Gasteiger charge is -2.47. The van der Waals surface area contributed by atoms with E-state index in [-0.39, 0.29) is 12.1 Å². The van der Waals surface area contributed by atoms with Crippen LogP contribution >= 0.6 is 0 Å². The number of hydrogen-bond donors (Lipinski definition) is 1. The number of piperidine rings is 1. The van der Waals surface area contributed by atoms with E-state index < -0.39 is 5.60 Å². The summed E-state index contributed by atoms with van der Waals surface area (Å²) < 4.78 is 5.42. The molecule has 1 amide bonds. The van der Waals surface area contributed by atoms with Crippen molar-refractivity contribution >= 4 is 6.09 Å². The molecule has 0 radical (unpaired) electrons. The molecule has 1 aliphatic rings. The molecule has 0 bridgehead atoms. The number of likely N-dealkylation sites (tertiary alicyclic amines) is 1. The molecule has 4 nitrogen and oxygen atoms in total. The van der Waals surface area contributed by atoms with Crippen LogP contribution in [0.15, 0.2) is 30.3 Å². The Bertz CT molecular complexity index is 538. The van der Waals surface area contributed by atoms with Gasteiger partial charge in [-0.15, -0.1) is 0 Å². The molecule has 134 valence electrons. The fourth-order valence-corrected chi connectivity index (χ4v) is 3.50. The summed E-state index contributed by atoms with van der Waals surface area (Å²) in [6.07, 6.45) is 0.632. The Labute approximate surface area is 146 Å². The Hall–Kier alpha value is -1.55. The highest BCUT2D eigenvalue weighted by Crippen LogP contribution is 2.29. The Morgan fingerprint density at radius 1 is 1.21 bits per heavy atom. The number of nitrogens with zero attached hydrogens (tertiary/aromatic N) is 1. The minimum absolute atomic E-state index is 0.150. The average Bonchev–Trinajstić information content (AvgIpc) is 2.48. The van der Waals surface area contributed by atoms with Crippen LogP contribution in [0.3, 0.4) is 0 Å². The van der Waals surface area contributed by atoms with Crippen LogP contribution in [0.1, 0.15) is 53.5 Å². The molecule has 2 rings (SSSR count). The molecular formula is C20H32N2O2. The van der Waals surface area contributed by atoms with Crippen molar-refractivity contribution in [2.75, 3.05) is 0 Å². The second kappa shape index (κ2) is 7.56. The number of nitrogens with one attached hydrogen (secondary N) is 1. The molecular weight excluding hydrogens is 300 g/mol. The number of rotatable bonds is 3. The summed E-state index contributed by atoms with van der Waals surface area (Å²) in [6.45, 7) is 13.3. The third kappa shape index (κ3) is 4.97. The molecule has 0 saturated carbocycles. The molecule has 1 aliphatic heterocycles. The van der Waals surface area contributed by atoms with Gasteiger partial charge in [0.15, 0.2) is 0 Å². The van der Waals surface area contributed by atoms with E-state index in [1.165, 1.54) is 5.56 Å². The van der Waals surface area contributed by atoms with Crippen molar-refractivity contribution in [3.8, 4) is 0 Å². The molecule has 0 unspecified atom stereocenters. The van der Waals surface area contributed by atoms with E-state index in [4.69, 9.17) is 4.74 Å². The lowest BCUT2D eigenvalue weighted by molar-refractivity contribution is 0.0184. The number of carbonyl (C=O) groups excluding carboxylic acids is 1. The SMILES string of the molecule is C[C@H]1[C@@H](NC(=O)OC(C)(C)C)C[C@@H](C)N(Cc2ccccc2)[C@H]1C. The van der Waals surface area contributed by atoms with Crippen molar-refractivity contribution in [3.05, 3.63) is 35.9 Å². The smallest absolute Gasteiger partial charge is 0.407 e. The zero-order chi connectivity index (χ0) is 17.9. The first-order valence-corrected chi connectivity index (χ1v) is 8.96. The first-order valence-electron chi connectivity index (χ1n) is 8.96. The van der Waals surface area contributed by atoms with E-state index in [0.29, 0.717) is 18.0 Å². The maximum Gasteiger partial charge on any atom is 0.407 e. The predicted octanol–water partition coefficient (Wildman–Crippen LogP) is 4.20. The van der Waals surface area contributed by atoms with Crippen LogP contribution in [0.4, 0.5) is 4.79 Å². The summed E-state index contributed by atoms with van der Waals surface area (Å²) in [5, 5.41) is 3.08. The van der Waals surface area contributed by atoms with Crippen LogP contribution in [0.2, 0.25) is 0 Å². The molecule has 1 N–H and O–H groups in total. The summed E-state index contributed by atoms with van der Waals surface area (Å²) in [6, 6.07) is 11.5. The minimum atomic E-state index is -0.460. The summed E-state index contributed by atoms with van der Waals surface area (Å²) >= 11 is 0.